The van der Waals surface area contributed by atoms with Crippen LogP contribution in [0.2, 0.25) is 0 Å². The predicted octanol–water partition coefficient (Wildman–Crippen LogP) is 1.45. The lowest BCUT2D eigenvalue weighted by molar-refractivity contribution is 0.00304. The summed E-state index contributed by atoms with van der Waals surface area (Å²) in [4.78, 5) is 0. The van der Waals surface area contributed by atoms with Gasteiger partial charge in [0.1, 0.15) is 0 Å². The minimum atomic E-state index is -0.667. The summed E-state index contributed by atoms with van der Waals surface area (Å²) in [5, 5.41) is 26.0. The molecule has 0 aliphatic heterocycles. The third-order valence-corrected chi connectivity index (χ3v) is 1.95. The topological polar surface area (TPSA) is 69.9 Å². The highest BCUT2D eigenvalue weighted by atomic mass is 16.5. The maximum absolute atomic E-state index is 8.66. The molecule has 0 aliphatic carbocycles. The second-order valence-electron chi connectivity index (χ2n) is 2.80. The van der Waals surface area contributed by atoms with Gasteiger partial charge in [0.25, 0.3) is 0 Å². The fraction of sp³-hybridized carbons (Fsp3) is 0.500. The minimum Gasteiger partial charge on any atom is -0.474 e. The molecule has 4 nitrogen and oxygen atoms in total. The highest BCUT2D eigenvalue weighted by Gasteiger charge is 2.24. The van der Waals surface area contributed by atoms with Crippen LogP contribution in [0.3, 0.4) is 0 Å². The normalized spacial score (nSPS) is 8.75. The van der Waals surface area contributed by atoms with E-state index in [1.165, 1.54) is 12.5 Å². The summed E-state index contributed by atoms with van der Waals surface area (Å²) in [6.45, 7) is 13.9. The molecule has 0 aromatic rings. The van der Waals surface area contributed by atoms with Gasteiger partial charge in [0.05, 0.1) is 32.3 Å². The Bertz CT molecular complexity index is 130. The molecule has 0 saturated carbocycles. The standard InChI is InChI=1S/C6H14O3.C4H6O.C2H4/c1-2-6(3-7,4-8)5-9;1-3-5-4-2;1-2/h7-9H,2-5H2,1H3;3-4H,1-2H2;1-2H2. The van der Waals surface area contributed by atoms with Crippen LogP contribution in [0.1, 0.15) is 13.3 Å². The quantitative estimate of drug-likeness (QED) is 0.479. The summed E-state index contributed by atoms with van der Waals surface area (Å²) in [5.74, 6) is 0. The van der Waals surface area contributed by atoms with Crippen molar-refractivity contribution in [1.29, 1.82) is 0 Å². The second kappa shape index (κ2) is 16.3. The summed E-state index contributed by atoms with van der Waals surface area (Å²) in [7, 11) is 0. The SMILES string of the molecule is C=C.C=COC=C.CCC(CO)(CO)CO. The third kappa shape index (κ3) is 11.0. The van der Waals surface area contributed by atoms with Crippen molar-refractivity contribution in [2.45, 2.75) is 13.3 Å². The molecule has 96 valence electrons. The van der Waals surface area contributed by atoms with E-state index in [1.807, 2.05) is 6.92 Å². The van der Waals surface area contributed by atoms with Crippen molar-refractivity contribution in [3.05, 3.63) is 38.8 Å². The van der Waals surface area contributed by atoms with Gasteiger partial charge in [-0.15, -0.1) is 13.2 Å². The Kier molecular flexibility index (Phi) is 20.8. The van der Waals surface area contributed by atoms with Gasteiger partial charge < -0.3 is 20.1 Å². The van der Waals surface area contributed by atoms with E-state index >= 15 is 0 Å². The van der Waals surface area contributed by atoms with Gasteiger partial charge >= 0.3 is 0 Å². The van der Waals surface area contributed by atoms with E-state index in [9.17, 15) is 0 Å². The van der Waals surface area contributed by atoms with E-state index in [-0.39, 0.29) is 19.8 Å². The first-order chi connectivity index (χ1) is 7.66. The van der Waals surface area contributed by atoms with Crippen molar-refractivity contribution in [3.8, 4) is 0 Å². The zero-order chi connectivity index (χ0) is 13.4. The lowest BCUT2D eigenvalue weighted by Gasteiger charge is -2.24. The van der Waals surface area contributed by atoms with Crippen LogP contribution in [-0.2, 0) is 4.74 Å². The fourth-order valence-electron chi connectivity index (χ4n) is 0.553. The van der Waals surface area contributed by atoms with Gasteiger partial charge in [-0.25, -0.2) is 0 Å². The van der Waals surface area contributed by atoms with E-state index in [0.29, 0.717) is 6.42 Å². The molecule has 0 saturated heterocycles. The zero-order valence-corrected chi connectivity index (χ0v) is 10.1. The van der Waals surface area contributed by atoms with Gasteiger partial charge in [-0.1, -0.05) is 20.1 Å². The summed E-state index contributed by atoms with van der Waals surface area (Å²) in [6.07, 6.45) is 3.22. The average Bonchev–Trinajstić information content (AvgIpc) is 2.37. The average molecular weight is 232 g/mol. The van der Waals surface area contributed by atoms with Crippen LogP contribution in [-0.4, -0.2) is 35.1 Å². The predicted molar refractivity (Wildman–Crippen MR) is 66.7 cm³/mol. The molecule has 0 aromatic heterocycles. The third-order valence-electron chi connectivity index (χ3n) is 1.95. The van der Waals surface area contributed by atoms with Crippen molar-refractivity contribution in [1.82, 2.24) is 0 Å². The highest BCUT2D eigenvalue weighted by molar-refractivity contribution is 4.74. The summed E-state index contributed by atoms with van der Waals surface area (Å²) >= 11 is 0. The number of rotatable bonds is 6. The Hall–Kier alpha value is -1.10. The molecule has 0 spiro atoms. The second-order valence-corrected chi connectivity index (χ2v) is 2.80. The monoisotopic (exact) mass is 232 g/mol. The van der Waals surface area contributed by atoms with Gasteiger partial charge in [-0.2, -0.15) is 0 Å². The molecule has 0 aromatic carbocycles. The van der Waals surface area contributed by atoms with Crippen molar-refractivity contribution >= 4 is 0 Å². The summed E-state index contributed by atoms with van der Waals surface area (Å²) in [6, 6.07) is 0. The lowest BCUT2D eigenvalue weighted by Crippen LogP contribution is -2.32. The van der Waals surface area contributed by atoms with Crippen LogP contribution in [0.4, 0.5) is 0 Å². The minimum absolute atomic E-state index is 0.156. The van der Waals surface area contributed by atoms with E-state index in [4.69, 9.17) is 15.3 Å². The van der Waals surface area contributed by atoms with E-state index in [2.05, 4.69) is 31.1 Å². The van der Waals surface area contributed by atoms with Gasteiger partial charge in [0.2, 0.25) is 0 Å². The van der Waals surface area contributed by atoms with E-state index < -0.39 is 5.41 Å². The molecule has 4 heteroatoms. The molecule has 16 heavy (non-hydrogen) atoms. The summed E-state index contributed by atoms with van der Waals surface area (Å²) in [5.41, 5.74) is -0.667. The molecule has 0 heterocycles. The molecule has 0 amide bonds. The van der Waals surface area contributed by atoms with Crippen LogP contribution in [0, 0.1) is 5.41 Å². The zero-order valence-electron chi connectivity index (χ0n) is 10.1. The molecular formula is C12H24O4. The first-order valence-corrected chi connectivity index (χ1v) is 4.86. The van der Waals surface area contributed by atoms with Crippen molar-refractivity contribution in [2.75, 3.05) is 19.8 Å². The maximum Gasteiger partial charge on any atom is 0.0829 e. The largest absolute Gasteiger partial charge is 0.474 e. The Balaban J connectivity index is -0.000000205. The van der Waals surface area contributed by atoms with E-state index in [0.717, 1.165) is 0 Å². The van der Waals surface area contributed by atoms with Gasteiger partial charge in [0, 0.05) is 5.41 Å². The number of hydrogen-bond acceptors (Lipinski definition) is 4. The number of ether oxygens (including phenoxy) is 1. The van der Waals surface area contributed by atoms with Crippen molar-refractivity contribution in [3.63, 3.8) is 0 Å². The molecule has 0 bridgehead atoms. The Labute approximate surface area is 98.2 Å². The summed E-state index contributed by atoms with van der Waals surface area (Å²) < 4.78 is 4.36. The molecular weight excluding hydrogens is 208 g/mol. The van der Waals surface area contributed by atoms with Gasteiger partial charge in [0.15, 0.2) is 0 Å². The van der Waals surface area contributed by atoms with Crippen LogP contribution in [0.25, 0.3) is 0 Å². The van der Waals surface area contributed by atoms with Crippen LogP contribution in [0.15, 0.2) is 38.8 Å². The van der Waals surface area contributed by atoms with Crippen molar-refractivity contribution < 1.29 is 20.1 Å². The molecule has 0 radical (unpaired) electrons. The smallest absolute Gasteiger partial charge is 0.0829 e. The molecule has 0 unspecified atom stereocenters. The van der Waals surface area contributed by atoms with Gasteiger partial charge in [-0.3, -0.25) is 0 Å². The fourth-order valence-corrected chi connectivity index (χ4v) is 0.553. The Morgan fingerprint density at radius 2 is 1.31 bits per heavy atom. The molecule has 0 rings (SSSR count). The van der Waals surface area contributed by atoms with Gasteiger partial charge in [-0.05, 0) is 6.42 Å². The lowest BCUT2D eigenvalue weighted by atomic mass is 9.88. The molecule has 0 aliphatic rings. The number of aliphatic hydroxyl groups excluding tert-OH is 3. The van der Waals surface area contributed by atoms with E-state index in [1.54, 1.807) is 0 Å². The molecule has 3 N–H and O–H groups in total. The molecule has 0 atom stereocenters. The number of hydrogen-bond donors (Lipinski definition) is 3. The van der Waals surface area contributed by atoms with Crippen molar-refractivity contribution in [2.24, 2.45) is 5.41 Å². The Morgan fingerprint density at radius 3 is 1.31 bits per heavy atom. The Morgan fingerprint density at radius 1 is 1.00 bits per heavy atom. The van der Waals surface area contributed by atoms with Crippen LogP contribution in [0.5, 0.6) is 0 Å². The molecule has 0 fully saturated rings. The van der Waals surface area contributed by atoms with Crippen LogP contribution >= 0.6 is 0 Å². The highest BCUT2D eigenvalue weighted by Crippen LogP contribution is 2.18. The maximum atomic E-state index is 8.66. The first-order valence-electron chi connectivity index (χ1n) is 4.86. The van der Waals surface area contributed by atoms with Crippen LogP contribution < -0.4 is 0 Å². The first kappa shape index (κ1) is 20.3. The number of aliphatic hydroxyl groups is 3.